The van der Waals surface area contributed by atoms with E-state index >= 15 is 0 Å². The van der Waals surface area contributed by atoms with Gasteiger partial charge in [-0.15, -0.1) is 0 Å². The maximum Gasteiger partial charge on any atom is 0.302 e. The molecule has 0 aliphatic heterocycles. The molecule has 0 spiro atoms. The fourth-order valence-electron chi connectivity index (χ4n) is 3.81. The van der Waals surface area contributed by atoms with Crippen LogP contribution in [0.3, 0.4) is 0 Å². The van der Waals surface area contributed by atoms with Crippen molar-refractivity contribution in [2.75, 3.05) is 0 Å². The minimum atomic E-state index is -0.110. The second kappa shape index (κ2) is 6.58. The molecule has 1 fully saturated rings. The average Bonchev–Trinajstić information content (AvgIpc) is 2.76. The Kier molecular flexibility index (Phi) is 5.06. The minimum absolute atomic E-state index is 0.110. The van der Waals surface area contributed by atoms with Gasteiger partial charge in [0.2, 0.25) is 0 Å². The molecule has 2 aliphatic rings. The Bertz CT molecular complexity index is 345. The zero-order valence-electron chi connectivity index (χ0n) is 12.7. The van der Waals surface area contributed by atoms with Crippen molar-refractivity contribution in [2.45, 2.75) is 71.8 Å². The summed E-state index contributed by atoms with van der Waals surface area (Å²) in [4.78, 5) is 11.1. The van der Waals surface area contributed by atoms with E-state index < -0.39 is 0 Å². The highest BCUT2D eigenvalue weighted by molar-refractivity contribution is 5.66. The Hall–Kier alpha value is -0.790. The molecular formula is C17H28O2. The van der Waals surface area contributed by atoms with E-state index in [1.165, 1.54) is 45.4 Å². The summed E-state index contributed by atoms with van der Waals surface area (Å²) in [5, 5.41) is 0. The Balaban J connectivity index is 1.84. The van der Waals surface area contributed by atoms with Crippen LogP contribution in [0.4, 0.5) is 0 Å². The van der Waals surface area contributed by atoms with E-state index in [1.807, 2.05) is 0 Å². The molecule has 0 N–H and O–H groups in total. The molecule has 19 heavy (non-hydrogen) atoms. The van der Waals surface area contributed by atoms with Gasteiger partial charge in [0.05, 0.1) is 0 Å². The van der Waals surface area contributed by atoms with Gasteiger partial charge in [-0.25, -0.2) is 0 Å². The molecular weight excluding hydrogens is 236 g/mol. The summed E-state index contributed by atoms with van der Waals surface area (Å²) in [5.74, 6) is 2.08. The molecule has 2 nitrogen and oxygen atoms in total. The monoisotopic (exact) mass is 264 g/mol. The Morgan fingerprint density at radius 1 is 1.42 bits per heavy atom. The molecule has 2 rings (SSSR count). The number of rotatable bonds is 4. The van der Waals surface area contributed by atoms with Crippen molar-refractivity contribution in [3.05, 3.63) is 11.6 Å². The molecule has 108 valence electrons. The van der Waals surface area contributed by atoms with E-state index in [1.54, 1.807) is 5.57 Å². The van der Waals surface area contributed by atoms with Crippen LogP contribution in [0.25, 0.3) is 0 Å². The number of hydrogen-bond acceptors (Lipinski definition) is 2. The summed E-state index contributed by atoms with van der Waals surface area (Å²) in [6.45, 7) is 6.17. The molecule has 0 heterocycles. The van der Waals surface area contributed by atoms with Gasteiger partial charge < -0.3 is 4.74 Å². The highest BCUT2D eigenvalue weighted by Crippen LogP contribution is 2.38. The quantitative estimate of drug-likeness (QED) is 0.552. The summed E-state index contributed by atoms with van der Waals surface area (Å²) >= 11 is 0. The van der Waals surface area contributed by atoms with E-state index in [0.717, 1.165) is 18.3 Å². The highest BCUT2D eigenvalue weighted by atomic mass is 16.5. The van der Waals surface area contributed by atoms with Crippen LogP contribution in [0.2, 0.25) is 0 Å². The SMILES string of the molecule is CC(=O)O[C@@H]1CCC[C@@H]1C[C@@H](C)[C@H]1CC=C(C)CC1. The fraction of sp³-hybridized carbons (Fsp3) is 0.824. The number of ether oxygens (including phenoxy) is 1. The van der Waals surface area contributed by atoms with Gasteiger partial charge in [-0.05, 0) is 69.6 Å². The summed E-state index contributed by atoms with van der Waals surface area (Å²) in [6.07, 6.45) is 11.2. The molecule has 0 aromatic heterocycles. The van der Waals surface area contributed by atoms with E-state index in [-0.39, 0.29) is 12.1 Å². The Morgan fingerprint density at radius 3 is 2.84 bits per heavy atom. The Labute approximate surface area is 117 Å². The van der Waals surface area contributed by atoms with Gasteiger partial charge in [-0.2, -0.15) is 0 Å². The molecule has 0 aromatic carbocycles. The number of carbonyl (C=O) groups excluding carboxylic acids is 1. The van der Waals surface area contributed by atoms with E-state index in [0.29, 0.717) is 5.92 Å². The van der Waals surface area contributed by atoms with Crippen LogP contribution in [-0.4, -0.2) is 12.1 Å². The first kappa shape index (κ1) is 14.6. The molecule has 0 radical (unpaired) electrons. The third kappa shape index (κ3) is 4.09. The summed E-state index contributed by atoms with van der Waals surface area (Å²) < 4.78 is 5.48. The highest BCUT2D eigenvalue weighted by Gasteiger charge is 2.32. The predicted octanol–water partition coefficient (Wildman–Crippen LogP) is 4.49. The smallest absolute Gasteiger partial charge is 0.302 e. The van der Waals surface area contributed by atoms with Crippen LogP contribution in [-0.2, 0) is 9.53 Å². The molecule has 0 unspecified atom stereocenters. The lowest BCUT2D eigenvalue weighted by molar-refractivity contribution is -0.148. The third-order valence-electron chi connectivity index (χ3n) is 5.06. The molecule has 2 aliphatic carbocycles. The van der Waals surface area contributed by atoms with Gasteiger partial charge in [-0.3, -0.25) is 4.79 Å². The number of esters is 1. The topological polar surface area (TPSA) is 26.3 Å². The summed E-state index contributed by atoms with van der Waals surface area (Å²) in [5.41, 5.74) is 1.56. The maximum atomic E-state index is 11.1. The average molecular weight is 264 g/mol. The molecule has 4 atom stereocenters. The van der Waals surface area contributed by atoms with E-state index in [2.05, 4.69) is 19.9 Å². The van der Waals surface area contributed by atoms with Crippen molar-refractivity contribution in [1.29, 1.82) is 0 Å². The minimum Gasteiger partial charge on any atom is -0.462 e. The first-order chi connectivity index (χ1) is 9.06. The lowest BCUT2D eigenvalue weighted by Gasteiger charge is -2.30. The van der Waals surface area contributed by atoms with Crippen LogP contribution in [0.1, 0.15) is 65.7 Å². The van der Waals surface area contributed by atoms with Gasteiger partial charge in [-0.1, -0.05) is 18.6 Å². The van der Waals surface area contributed by atoms with Crippen molar-refractivity contribution < 1.29 is 9.53 Å². The summed E-state index contributed by atoms with van der Waals surface area (Å²) in [7, 11) is 0. The first-order valence-corrected chi connectivity index (χ1v) is 7.89. The van der Waals surface area contributed by atoms with Gasteiger partial charge in [0.25, 0.3) is 0 Å². The van der Waals surface area contributed by atoms with Crippen LogP contribution in [0.15, 0.2) is 11.6 Å². The zero-order valence-corrected chi connectivity index (χ0v) is 12.7. The molecule has 0 aromatic rings. The fourth-order valence-corrected chi connectivity index (χ4v) is 3.81. The number of allylic oxidation sites excluding steroid dienone is 2. The normalized spacial score (nSPS) is 32.8. The molecule has 0 amide bonds. The van der Waals surface area contributed by atoms with Crippen LogP contribution < -0.4 is 0 Å². The largest absolute Gasteiger partial charge is 0.462 e. The summed E-state index contributed by atoms with van der Waals surface area (Å²) in [6, 6.07) is 0. The van der Waals surface area contributed by atoms with Gasteiger partial charge >= 0.3 is 5.97 Å². The number of carbonyl (C=O) groups is 1. The van der Waals surface area contributed by atoms with Crippen molar-refractivity contribution >= 4 is 5.97 Å². The van der Waals surface area contributed by atoms with Gasteiger partial charge in [0, 0.05) is 6.92 Å². The van der Waals surface area contributed by atoms with Gasteiger partial charge in [0.15, 0.2) is 0 Å². The maximum absolute atomic E-state index is 11.1. The molecule has 1 saturated carbocycles. The van der Waals surface area contributed by atoms with Crippen LogP contribution in [0, 0.1) is 17.8 Å². The van der Waals surface area contributed by atoms with Crippen molar-refractivity contribution in [3.63, 3.8) is 0 Å². The Morgan fingerprint density at radius 2 is 2.21 bits per heavy atom. The molecule has 0 saturated heterocycles. The third-order valence-corrected chi connectivity index (χ3v) is 5.06. The molecule has 2 heteroatoms. The standard InChI is InChI=1S/C17H28O2/c1-12-7-9-15(10-8-12)13(2)11-16-5-4-6-17(16)19-14(3)18/h7,13,15-17H,4-6,8-11H2,1-3H3/t13-,15+,16-,17-/m1/s1. The van der Waals surface area contributed by atoms with Gasteiger partial charge in [0.1, 0.15) is 6.10 Å². The van der Waals surface area contributed by atoms with Crippen LogP contribution >= 0.6 is 0 Å². The lowest BCUT2D eigenvalue weighted by atomic mass is 9.77. The second-order valence-electron chi connectivity index (χ2n) is 6.64. The predicted molar refractivity (Wildman–Crippen MR) is 77.8 cm³/mol. The first-order valence-electron chi connectivity index (χ1n) is 7.89. The molecule has 0 bridgehead atoms. The zero-order chi connectivity index (χ0) is 13.8. The van der Waals surface area contributed by atoms with Crippen LogP contribution in [0.5, 0.6) is 0 Å². The number of hydrogen-bond donors (Lipinski definition) is 0. The van der Waals surface area contributed by atoms with E-state index in [9.17, 15) is 4.79 Å². The lowest BCUT2D eigenvalue weighted by Crippen LogP contribution is -2.25. The van der Waals surface area contributed by atoms with Crippen molar-refractivity contribution in [3.8, 4) is 0 Å². The van der Waals surface area contributed by atoms with E-state index in [4.69, 9.17) is 4.74 Å². The van der Waals surface area contributed by atoms with Crippen molar-refractivity contribution in [1.82, 2.24) is 0 Å². The second-order valence-corrected chi connectivity index (χ2v) is 6.64. The van der Waals surface area contributed by atoms with Crippen molar-refractivity contribution in [2.24, 2.45) is 17.8 Å².